The van der Waals surface area contributed by atoms with Crippen molar-refractivity contribution in [2.75, 3.05) is 38.7 Å². The molecule has 0 saturated carbocycles. The molecule has 0 fully saturated rings. The number of hydrogen-bond donors (Lipinski definition) is 5. The number of nitrogens with one attached hydrogen (secondary N) is 2. The number of aliphatic hydroxyl groups is 1. The number of aromatic hydroxyl groups is 1. The first-order valence-electron chi connectivity index (χ1n) is 11.7. The maximum atomic E-state index is 12.6. The predicted molar refractivity (Wildman–Crippen MR) is 136 cm³/mol. The number of amides is 3. The van der Waals surface area contributed by atoms with Crippen molar-refractivity contribution in [1.82, 2.24) is 10.2 Å². The van der Waals surface area contributed by atoms with E-state index in [1.165, 1.54) is 12.1 Å². The fraction of sp³-hybridized carbons (Fsp3) is 0.462. The second kappa shape index (κ2) is 13.1. The molecule has 0 unspecified atom stereocenters. The number of ether oxygens (including phenoxy) is 1. The lowest BCUT2D eigenvalue weighted by Gasteiger charge is -2.28. The Morgan fingerprint density at radius 3 is 2.54 bits per heavy atom. The van der Waals surface area contributed by atoms with Crippen molar-refractivity contribution in [3.63, 3.8) is 0 Å². The van der Waals surface area contributed by atoms with E-state index in [1.54, 1.807) is 18.1 Å². The molecule has 0 heterocycles. The van der Waals surface area contributed by atoms with E-state index in [2.05, 4.69) is 10.6 Å². The van der Waals surface area contributed by atoms with E-state index in [0.29, 0.717) is 38.1 Å². The Morgan fingerprint density at radius 2 is 1.89 bits per heavy atom. The Balaban J connectivity index is 1.98. The molecule has 0 aromatic heterocycles. The minimum absolute atomic E-state index is 0.0706. The highest BCUT2D eigenvalue weighted by molar-refractivity contribution is 5.89. The largest absolute Gasteiger partial charge is 0.506 e. The highest BCUT2D eigenvalue weighted by Gasteiger charge is 2.21. The maximum Gasteiger partial charge on any atom is 0.316 e. The van der Waals surface area contributed by atoms with Gasteiger partial charge in [0, 0.05) is 32.3 Å². The number of nitrogens with two attached hydrogens (primary N) is 1. The first kappa shape index (κ1) is 28.1. The lowest BCUT2D eigenvalue weighted by Crippen LogP contribution is -2.43. The van der Waals surface area contributed by atoms with Gasteiger partial charge in [-0.3, -0.25) is 4.79 Å². The molecule has 0 spiro atoms. The minimum atomic E-state index is -0.862. The molecule has 2 aromatic rings. The minimum Gasteiger partial charge on any atom is -0.506 e. The van der Waals surface area contributed by atoms with Crippen LogP contribution in [-0.2, 0) is 22.4 Å². The van der Waals surface area contributed by atoms with Crippen LogP contribution in [0.3, 0.4) is 0 Å². The molecule has 0 aliphatic rings. The number of urea groups is 1. The van der Waals surface area contributed by atoms with Crippen molar-refractivity contribution >= 4 is 17.6 Å². The molecule has 9 nitrogen and oxygen atoms in total. The number of rotatable bonds is 13. The van der Waals surface area contributed by atoms with Gasteiger partial charge < -0.3 is 36.2 Å². The molecule has 3 amide bonds. The van der Waals surface area contributed by atoms with Crippen LogP contribution in [0.15, 0.2) is 42.5 Å². The Hall–Kier alpha value is -3.14. The number of carbonyl (C=O) groups is 2. The fourth-order valence-corrected chi connectivity index (χ4v) is 3.85. The van der Waals surface area contributed by atoms with Crippen molar-refractivity contribution in [2.45, 2.75) is 45.3 Å². The van der Waals surface area contributed by atoms with Crippen LogP contribution in [0.4, 0.5) is 10.5 Å². The normalized spacial score (nSPS) is 12.3. The summed E-state index contributed by atoms with van der Waals surface area (Å²) < 4.78 is 5.09. The van der Waals surface area contributed by atoms with E-state index in [9.17, 15) is 19.8 Å². The number of carbonyl (C=O) groups excluding carboxylic acids is 2. The molecular formula is C26H38N4O5. The molecule has 6 N–H and O–H groups in total. The van der Waals surface area contributed by atoms with Gasteiger partial charge in [0.15, 0.2) is 0 Å². The predicted octanol–water partition coefficient (Wildman–Crippen LogP) is 2.56. The summed E-state index contributed by atoms with van der Waals surface area (Å²) in [5.41, 5.74) is 7.49. The third-order valence-corrected chi connectivity index (χ3v) is 5.73. The Kier molecular flexibility index (Phi) is 10.5. The number of aliphatic hydroxyl groups excluding tert-OH is 1. The smallest absolute Gasteiger partial charge is 0.316 e. The van der Waals surface area contributed by atoms with Gasteiger partial charge >= 0.3 is 6.03 Å². The SMILES string of the molecule is CCN(CCOC)C(=O)Cc1cccc(CC(C)(C)NC[C@H](O)c2ccc(O)c(NC(N)=O)c2)c1. The van der Waals surface area contributed by atoms with Crippen LogP contribution in [0, 0.1) is 0 Å². The standard InChI is InChI=1S/C26H38N4O5/c1-5-30(11-12-35-4)24(33)14-18-7-6-8-19(13-18)16-26(2,3)28-17-23(32)20-9-10-22(31)21(15-20)29-25(27)34/h6-10,13,15,23,28,31-32H,5,11-12,14,16-17H2,1-4H3,(H3,27,29,34)/t23-/m0/s1. The average Bonchev–Trinajstić information content (AvgIpc) is 2.79. The van der Waals surface area contributed by atoms with Crippen LogP contribution in [0.2, 0.25) is 0 Å². The number of methoxy groups -OCH3 is 1. The molecule has 0 saturated heterocycles. The van der Waals surface area contributed by atoms with Gasteiger partial charge in [0.2, 0.25) is 5.91 Å². The number of primary amides is 1. The third-order valence-electron chi connectivity index (χ3n) is 5.73. The van der Waals surface area contributed by atoms with Crippen molar-refractivity contribution in [3.05, 3.63) is 59.2 Å². The third kappa shape index (κ3) is 9.20. The van der Waals surface area contributed by atoms with Gasteiger partial charge in [-0.1, -0.05) is 30.3 Å². The number of nitrogens with zero attached hydrogens (tertiary/aromatic N) is 1. The zero-order chi connectivity index (χ0) is 26.0. The summed E-state index contributed by atoms with van der Waals surface area (Å²) in [6, 6.07) is 11.7. The molecule has 0 bridgehead atoms. The number of anilines is 1. The summed E-state index contributed by atoms with van der Waals surface area (Å²) in [4.78, 5) is 25.5. The number of hydrogen-bond acceptors (Lipinski definition) is 6. The zero-order valence-electron chi connectivity index (χ0n) is 21.0. The molecule has 192 valence electrons. The van der Waals surface area contributed by atoms with E-state index in [4.69, 9.17) is 10.5 Å². The Morgan fingerprint density at radius 1 is 1.17 bits per heavy atom. The van der Waals surface area contributed by atoms with Gasteiger partial charge in [-0.05, 0) is 56.0 Å². The lowest BCUT2D eigenvalue weighted by atomic mass is 9.93. The number of phenolic OH excluding ortho intramolecular Hbond substituents is 1. The second-order valence-electron chi connectivity index (χ2n) is 9.19. The van der Waals surface area contributed by atoms with Gasteiger partial charge in [-0.2, -0.15) is 0 Å². The summed E-state index contributed by atoms with van der Waals surface area (Å²) in [5.74, 6) is -0.0616. The summed E-state index contributed by atoms with van der Waals surface area (Å²) >= 11 is 0. The fourth-order valence-electron chi connectivity index (χ4n) is 3.85. The number of β-amino-alcohol motifs (C(OH)–C–C–N with tert-alkyl or cyclic N) is 1. The molecular weight excluding hydrogens is 448 g/mol. The molecule has 1 atom stereocenters. The summed E-state index contributed by atoms with van der Waals surface area (Å²) in [5, 5.41) is 26.2. The van der Waals surface area contributed by atoms with Crippen molar-refractivity contribution in [3.8, 4) is 5.75 Å². The van der Waals surface area contributed by atoms with Gasteiger partial charge in [0.1, 0.15) is 5.75 Å². The monoisotopic (exact) mass is 486 g/mol. The highest BCUT2D eigenvalue weighted by Crippen LogP contribution is 2.27. The van der Waals surface area contributed by atoms with Crippen molar-refractivity contribution < 1.29 is 24.5 Å². The van der Waals surface area contributed by atoms with E-state index < -0.39 is 12.1 Å². The van der Waals surface area contributed by atoms with Crippen molar-refractivity contribution in [2.24, 2.45) is 5.73 Å². The number of benzene rings is 2. The summed E-state index contributed by atoms with van der Waals surface area (Å²) in [6.45, 7) is 8.03. The van der Waals surface area contributed by atoms with Crippen LogP contribution in [0.25, 0.3) is 0 Å². The van der Waals surface area contributed by atoms with Crippen LogP contribution < -0.4 is 16.4 Å². The van der Waals surface area contributed by atoms with E-state index in [1.807, 2.05) is 45.0 Å². The first-order chi connectivity index (χ1) is 16.5. The van der Waals surface area contributed by atoms with Crippen LogP contribution in [0.1, 0.15) is 43.6 Å². The Labute approximate surface area is 207 Å². The number of phenols is 1. The van der Waals surface area contributed by atoms with E-state index in [0.717, 1.165) is 11.1 Å². The molecule has 9 heteroatoms. The molecule has 0 aliphatic heterocycles. The average molecular weight is 487 g/mol. The van der Waals surface area contributed by atoms with E-state index >= 15 is 0 Å². The Bertz CT molecular complexity index is 995. The topological polar surface area (TPSA) is 137 Å². The molecule has 2 rings (SSSR count). The van der Waals surface area contributed by atoms with Crippen LogP contribution in [-0.4, -0.2) is 65.9 Å². The lowest BCUT2D eigenvalue weighted by molar-refractivity contribution is -0.130. The maximum absolute atomic E-state index is 12.6. The summed E-state index contributed by atoms with van der Waals surface area (Å²) in [6.07, 6.45) is 0.160. The quantitative estimate of drug-likeness (QED) is 0.276. The van der Waals surface area contributed by atoms with Gasteiger partial charge in [0.25, 0.3) is 0 Å². The summed E-state index contributed by atoms with van der Waals surface area (Å²) in [7, 11) is 1.62. The molecule has 0 radical (unpaired) electrons. The van der Waals surface area contributed by atoms with Gasteiger partial charge in [0.05, 0.1) is 24.8 Å². The number of likely N-dealkylation sites (N-methyl/N-ethyl adjacent to an activating group) is 1. The van der Waals surface area contributed by atoms with Gasteiger partial charge in [-0.25, -0.2) is 4.79 Å². The van der Waals surface area contributed by atoms with Crippen molar-refractivity contribution in [1.29, 1.82) is 0 Å². The second-order valence-corrected chi connectivity index (χ2v) is 9.19. The molecule has 35 heavy (non-hydrogen) atoms. The highest BCUT2D eigenvalue weighted by atomic mass is 16.5. The van der Waals surface area contributed by atoms with Crippen LogP contribution >= 0.6 is 0 Å². The van der Waals surface area contributed by atoms with E-state index in [-0.39, 0.29) is 29.4 Å². The zero-order valence-corrected chi connectivity index (χ0v) is 21.0. The van der Waals surface area contributed by atoms with Crippen LogP contribution in [0.5, 0.6) is 5.75 Å². The van der Waals surface area contributed by atoms with Gasteiger partial charge in [-0.15, -0.1) is 0 Å². The molecule has 0 aliphatic carbocycles. The molecule has 2 aromatic carbocycles. The first-order valence-corrected chi connectivity index (χ1v) is 11.7.